The Balaban J connectivity index is 1.71. The summed E-state index contributed by atoms with van der Waals surface area (Å²) in [5.41, 5.74) is 6.62. The van der Waals surface area contributed by atoms with Crippen molar-refractivity contribution >= 4 is 5.97 Å². The fraction of sp³-hybridized carbons (Fsp3) is 0.333. The minimum absolute atomic E-state index is 0.330. The van der Waals surface area contributed by atoms with Crippen molar-refractivity contribution in [2.45, 2.75) is 65.4 Å². The summed E-state index contributed by atoms with van der Waals surface area (Å²) >= 11 is 0. The van der Waals surface area contributed by atoms with E-state index in [9.17, 15) is 10.1 Å². The van der Waals surface area contributed by atoms with Crippen LogP contribution in [-0.2, 0) is 17.6 Å². The molecule has 0 saturated carbocycles. The van der Waals surface area contributed by atoms with Crippen molar-refractivity contribution in [1.29, 1.82) is 5.26 Å². The van der Waals surface area contributed by atoms with Crippen molar-refractivity contribution in [2.24, 2.45) is 0 Å². The molecule has 0 bridgehead atoms. The lowest BCUT2D eigenvalue weighted by molar-refractivity contribution is 0.0288. The van der Waals surface area contributed by atoms with Gasteiger partial charge in [-0.1, -0.05) is 88.2 Å². The highest BCUT2D eigenvalue weighted by Gasteiger charge is 2.18. The molecule has 0 heterocycles. The molecule has 3 aromatic rings. The highest BCUT2D eigenvalue weighted by molar-refractivity contribution is 5.90. The van der Waals surface area contributed by atoms with Crippen LogP contribution in [0.25, 0.3) is 11.1 Å². The third-order valence-electron chi connectivity index (χ3n) is 5.99. The first kappa shape index (κ1) is 24.3. The topological polar surface area (TPSA) is 50.1 Å². The van der Waals surface area contributed by atoms with Crippen LogP contribution in [0.1, 0.15) is 85.2 Å². The largest absolute Gasteiger partial charge is 0.454 e. The molecular formula is C30H33NO2. The Morgan fingerprint density at radius 3 is 2.12 bits per heavy atom. The standard InChI is InChI=1S/C30H33NO2/c1-4-7-9-23-16-19-27(20-28(23)21-31)30(32)33-29(6-3)26-17-14-25(15-18-26)24-12-10-22(8-5-2)11-13-24/h10-20,29H,4-9H2,1-3H3. The molecule has 0 fully saturated rings. The number of hydrogen-bond donors (Lipinski definition) is 0. The number of aryl methyl sites for hydroxylation is 2. The van der Waals surface area contributed by atoms with Crippen LogP contribution >= 0.6 is 0 Å². The van der Waals surface area contributed by atoms with Gasteiger partial charge in [-0.15, -0.1) is 0 Å². The summed E-state index contributed by atoms with van der Waals surface area (Å²) in [6.45, 7) is 6.32. The molecule has 1 unspecified atom stereocenters. The summed E-state index contributed by atoms with van der Waals surface area (Å²) in [7, 11) is 0. The van der Waals surface area contributed by atoms with E-state index in [4.69, 9.17) is 4.74 Å². The minimum Gasteiger partial charge on any atom is -0.454 e. The summed E-state index contributed by atoms with van der Waals surface area (Å²) in [5.74, 6) is -0.393. The van der Waals surface area contributed by atoms with Crippen molar-refractivity contribution < 1.29 is 9.53 Å². The average molecular weight is 440 g/mol. The Hall–Kier alpha value is -3.38. The van der Waals surface area contributed by atoms with Crippen molar-refractivity contribution in [1.82, 2.24) is 0 Å². The van der Waals surface area contributed by atoms with E-state index in [0.717, 1.165) is 48.8 Å². The number of ether oxygens (including phenoxy) is 1. The van der Waals surface area contributed by atoms with Crippen LogP contribution < -0.4 is 0 Å². The maximum absolute atomic E-state index is 12.8. The number of nitrogens with zero attached hydrogens (tertiary/aromatic N) is 1. The molecule has 170 valence electrons. The van der Waals surface area contributed by atoms with Gasteiger partial charge in [0.25, 0.3) is 0 Å². The molecule has 33 heavy (non-hydrogen) atoms. The van der Waals surface area contributed by atoms with Gasteiger partial charge in [0.2, 0.25) is 0 Å². The number of esters is 1. The van der Waals surface area contributed by atoms with Crippen LogP contribution in [0.3, 0.4) is 0 Å². The van der Waals surface area contributed by atoms with E-state index in [-0.39, 0.29) is 6.10 Å². The lowest BCUT2D eigenvalue weighted by Gasteiger charge is -2.17. The van der Waals surface area contributed by atoms with Crippen molar-refractivity contribution in [3.05, 3.63) is 94.5 Å². The molecule has 0 radical (unpaired) electrons. The van der Waals surface area contributed by atoms with Gasteiger partial charge >= 0.3 is 5.97 Å². The van der Waals surface area contributed by atoms with E-state index < -0.39 is 5.97 Å². The summed E-state index contributed by atoms with van der Waals surface area (Å²) in [6.07, 6.45) is 5.52. The Bertz CT molecular complexity index is 1090. The van der Waals surface area contributed by atoms with Crippen molar-refractivity contribution in [3.63, 3.8) is 0 Å². The quantitative estimate of drug-likeness (QED) is 0.302. The predicted molar refractivity (Wildman–Crippen MR) is 134 cm³/mol. The van der Waals surface area contributed by atoms with Crippen molar-refractivity contribution in [2.75, 3.05) is 0 Å². The third-order valence-corrected chi connectivity index (χ3v) is 5.99. The molecule has 3 heteroatoms. The summed E-state index contributed by atoms with van der Waals surface area (Å²) in [4.78, 5) is 12.8. The fourth-order valence-corrected chi connectivity index (χ4v) is 4.02. The number of carbonyl (C=O) groups excluding carboxylic acids is 1. The molecule has 3 aromatic carbocycles. The molecule has 0 aliphatic heterocycles. The Kier molecular flexibility index (Phi) is 8.84. The van der Waals surface area contributed by atoms with Crippen LogP contribution in [0.2, 0.25) is 0 Å². The van der Waals surface area contributed by atoms with E-state index in [2.05, 4.69) is 56.3 Å². The molecule has 0 N–H and O–H groups in total. The Morgan fingerprint density at radius 2 is 1.55 bits per heavy atom. The molecule has 0 aliphatic carbocycles. The number of nitriles is 1. The normalized spacial score (nSPS) is 11.6. The highest BCUT2D eigenvalue weighted by Crippen LogP contribution is 2.27. The molecule has 3 rings (SSSR count). The maximum Gasteiger partial charge on any atom is 0.338 e. The first-order chi connectivity index (χ1) is 16.1. The van der Waals surface area contributed by atoms with Gasteiger partial charge in [-0.2, -0.15) is 5.26 Å². The zero-order valence-electron chi connectivity index (χ0n) is 19.9. The second-order valence-electron chi connectivity index (χ2n) is 8.46. The van der Waals surface area contributed by atoms with Gasteiger partial charge in [0.05, 0.1) is 17.2 Å². The second kappa shape index (κ2) is 12.0. The molecule has 0 aliphatic rings. The zero-order valence-corrected chi connectivity index (χ0v) is 19.9. The lowest BCUT2D eigenvalue weighted by Crippen LogP contribution is -2.12. The lowest BCUT2D eigenvalue weighted by atomic mass is 9.99. The smallest absolute Gasteiger partial charge is 0.338 e. The van der Waals surface area contributed by atoms with E-state index in [0.29, 0.717) is 17.5 Å². The fourth-order valence-electron chi connectivity index (χ4n) is 4.02. The molecule has 0 spiro atoms. The molecule has 0 aromatic heterocycles. The summed E-state index contributed by atoms with van der Waals surface area (Å²) < 4.78 is 5.83. The Morgan fingerprint density at radius 1 is 0.879 bits per heavy atom. The third kappa shape index (κ3) is 6.33. The van der Waals surface area contributed by atoms with Gasteiger partial charge in [0, 0.05) is 0 Å². The number of hydrogen-bond acceptors (Lipinski definition) is 3. The predicted octanol–water partition coefficient (Wildman–Crippen LogP) is 7.83. The Labute approximate surface area is 198 Å². The van der Waals surface area contributed by atoms with Crippen LogP contribution in [0.5, 0.6) is 0 Å². The second-order valence-corrected chi connectivity index (χ2v) is 8.46. The maximum atomic E-state index is 12.8. The first-order valence-electron chi connectivity index (χ1n) is 12.0. The average Bonchev–Trinajstić information content (AvgIpc) is 2.86. The van der Waals surface area contributed by atoms with Crippen LogP contribution in [0.15, 0.2) is 66.7 Å². The van der Waals surface area contributed by atoms with E-state index in [1.807, 2.05) is 25.1 Å². The SMILES string of the molecule is CCCCc1ccc(C(=O)OC(CC)c2ccc(-c3ccc(CCC)cc3)cc2)cc1C#N. The molecular weight excluding hydrogens is 406 g/mol. The summed E-state index contributed by atoms with van der Waals surface area (Å²) in [6, 6.07) is 24.5. The molecule has 3 nitrogen and oxygen atoms in total. The number of carbonyl (C=O) groups is 1. The minimum atomic E-state index is -0.393. The van der Waals surface area contributed by atoms with Crippen LogP contribution in [0.4, 0.5) is 0 Å². The highest BCUT2D eigenvalue weighted by atomic mass is 16.5. The van der Waals surface area contributed by atoms with E-state index >= 15 is 0 Å². The van der Waals surface area contributed by atoms with Gasteiger partial charge in [0.1, 0.15) is 6.10 Å². The molecule has 0 amide bonds. The van der Waals surface area contributed by atoms with Crippen LogP contribution in [-0.4, -0.2) is 5.97 Å². The van der Waals surface area contributed by atoms with Crippen molar-refractivity contribution in [3.8, 4) is 17.2 Å². The van der Waals surface area contributed by atoms with E-state index in [1.54, 1.807) is 12.1 Å². The monoisotopic (exact) mass is 439 g/mol. The first-order valence-corrected chi connectivity index (χ1v) is 12.0. The van der Waals surface area contributed by atoms with Gasteiger partial charge in [-0.05, 0) is 65.6 Å². The summed E-state index contributed by atoms with van der Waals surface area (Å²) in [5, 5.41) is 9.49. The van der Waals surface area contributed by atoms with Gasteiger partial charge in [0.15, 0.2) is 0 Å². The van der Waals surface area contributed by atoms with Crippen LogP contribution in [0, 0.1) is 11.3 Å². The number of benzene rings is 3. The zero-order chi connectivity index (χ0) is 23.6. The number of rotatable bonds is 10. The van der Waals surface area contributed by atoms with Gasteiger partial charge in [-0.3, -0.25) is 0 Å². The number of unbranched alkanes of at least 4 members (excludes halogenated alkanes) is 1. The van der Waals surface area contributed by atoms with Gasteiger partial charge < -0.3 is 4.74 Å². The molecule has 0 saturated heterocycles. The molecule has 1 atom stereocenters. The van der Waals surface area contributed by atoms with Gasteiger partial charge in [-0.25, -0.2) is 4.79 Å². The van der Waals surface area contributed by atoms with E-state index in [1.165, 1.54) is 11.1 Å².